The largest absolute Gasteiger partial charge is 0.456 e. The minimum atomic E-state index is 0.842. The molecule has 280 valence electrons. The second-order valence-corrected chi connectivity index (χ2v) is 15.6. The molecule has 0 saturated carbocycles. The van der Waals surface area contributed by atoms with Crippen molar-refractivity contribution < 1.29 is 8.83 Å². The first-order valence-corrected chi connectivity index (χ1v) is 20.4. The summed E-state index contributed by atoms with van der Waals surface area (Å²) in [4.78, 5) is 2.43. The van der Waals surface area contributed by atoms with Crippen LogP contribution in [0.3, 0.4) is 0 Å². The maximum atomic E-state index is 6.81. The first-order valence-electron chi connectivity index (χ1n) is 20.4. The van der Waals surface area contributed by atoms with Crippen molar-refractivity contribution in [1.29, 1.82) is 0 Å². The van der Waals surface area contributed by atoms with E-state index >= 15 is 0 Å². The lowest BCUT2D eigenvalue weighted by molar-refractivity contribution is 0.669. The smallest absolute Gasteiger partial charge is 0.143 e. The van der Waals surface area contributed by atoms with Crippen LogP contribution in [-0.4, -0.2) is 4.57 Å². The highest BCUT2D eigenvalue weighted by Gasteiger charge is 2.25. The van der Waals surface area contributed by atoms with E-state index in [1.54, 1.807) is 0 Å². The van der Waals surface area contributed by atoms with Crippen LogP contribution < -0.4 is 4.90 Å². The second-order valence-electron chi connectivity index (χ2n) is 15.6. The summed E-state index contributed by atoms with van der Waals surface area (Å²) >= 11 is 0. The van der Waals surface area contributed by atoms with Crippen LogP contribution in [0, 0.1) is 0 Å². The van der Waals surface area contributed by atoms with Crippen molar-refractivity contribution in [2.24, 2.45) is 0 Å². The summed E-state index contributed by atoms with van der Waals surface area (Å²) < 4.78 is 15.8. The molecular formula is C56H34N2O2. The minimum Gasteiger partial charge on any atom is -0.456 e. The highest BCUT2D eigenvalue weighted by atomic mass is 16.3. The normalized spacial score (nSPS) is 12.0. The van der Waals surface area contributed by atoms with Crippen molar-refractivity contribution in [3.05, 3.63) is 206 Å². The Hall–Kier alpha value is -8.08. The van der Waals surface area contributed by atoms with Gasteiger partial charge in [-0.05, 0) is 94.5 Å². The molecular weight excluding hydrogens is 733 g/mol. The van der Waals surface area contributed by atoms with Crippen LogP contribution >= 0.6 is 0 Å². The Morgan fingerprint density at radius 3 is 1.78 bits per heavy atom. The van der Waals surface area contributed by atoms with Crippen LogP contribution in [0.4, 0.5) is 17.1 Å². The molecule has 13 aromatic rings. The molecule has 4 heteroatoms. The number of anilines is 3. The molecule has 0 fully saturated rings. The van der Waals surface area contributed by atoms with Gasteiger partial charge in [0.15, 0.2) is 0 Å². The molecule has 4 nitrogen and oxygen atoms in total. The number of benzene rings is 10. The molecule has 0 unspecified atom stereocenters. The van der Waals surface area contributed by atoms with E-state index in [-0.39, 0.29) is 0 Å². The monoisotopic (exact) mass is 766 g/mol. The van der Waals surface area contributed by atoms with Gasteiger partial charge in [0.05, 0.1) is 27.8 Å². The fraction of sp³-hybridized carbons (Fsp3) is 0. The van der Waals surface area contributed by atoms with E-state index in [9.17, 15) is 0 Å². The zero-order chi connectivity index (χ0) is 39.3. The van der Waals surface area contributed by atoms with Crippen LogP contribution in [0.1, 0.15) is 0 Å². The van der Waals surface area contributed by atoms with Gasteiger partial charge in [0, 0.05) is 49.3 Å². The molecule has 0 saturated heterocycles. The third-order valence-corrected chi connectivity index (χ3v) is 12.3. The van der Waals surface area contributed by atoms with Gasteiger partial charge in [-0.1, -0.05) is 133 Å². The highest BCUT2D eigenvalue weighted by molar-refractivity contribution is 6.21. The molecule has 0 N–H and O–H groups in total. The van der Waals surface area contributed by atoms with E-state index in [1.807, 2.05) is 0 Å². The molecule has 10 aromatic carbocycles. The lowest BCUT2D eigenvalue weighted by Gasteiger charge is -2.29. The summed E-state index contributed by atoms with van der Waals surface area (Å²) in [5, 5.41) is 11.4. The molecule has 0 atom stereocenters. The summed E-state index contributed by atoms with van der Waals surface area (Å²) in [6.07, 6.45) is 0. The Morgan fingerprint density at radius 2 is 0.967 bits per heavy atom. The maximum absolute atomic E-state index is 6.81. The van der Waals surface area contributed by atoms with Gasteiger partial charge in [-0.3, -0.25) is 0 Å². The number of para-hydroxylation sites is 3. The second kappa shape index (κ2) is 12.7. The zero-order valence-electron chi connectivity index (χ0n) is 32.3. The predicted molar refractivity (Wildman–Crippen MR) is 250 cm³/mol. The van der Waals surface area contributed by atoms with Crippen molar-refractivity contribution >= 4 is 104 Å². The lowest BCUT2D eigenvalue weighted by atomic mass is 9.96. The van der Waals surface area contributed by atoms with Crippen LogP contribution in [0.5, 0.6) is 0 Å². The fourth-order valence-electron chi connectivity index (χ4n) is 9.73. The SMILES string of the molecule is c1cc(N(c2ccccc2-c2cccc3oc4cc5ccccc5cc4c23)c2cccc3oc4c5ccccc5ccc4c23)cc(-n2c3ccccc3c3ccccc32)c1. The number of hydrogen-bond acceptors (Lipinski definition) is 3. The molecule has 0 amide bonds. The third-order valence-electron chi connectivity index (χ3n) is 12.3. The van der Waals surface area contributed by atoms with Crippen LogP contribution in [0.2, 0.25) is 0 Å². The van der Waals surface area contributed by atoms with Gasteiger partial charge in [-0.2, -0.15) is 0 Å². The van der Waals surface area contributed by atoms with Crippen LogP contribution in [0.25, 0.3) is 104 Å². The third kappa shape index (κ3) is 4.79. The number of furan rings is 2. The summed E-state index contributed by atoms with van der Waals surface area (Å²) in [5.74, 6) is 0. The Balaban J connectivity index is 1.11. The number of nitrogens with zero attached hydrogens (tertiary/aromatic N) is 2. The fourth-order valence-corrected chi connectivity index (χ4v) is 9.73. The molecule has 0 spiro atoms. The first-order chi connectivity index (χ1) is 29.8. The number of fused-ring (bicyclic) bond motifs is 12. The van der Waals surface area contributed by atoms with E-state index < -0.39 is 0 Å². The van der Waals surface area contributed by atoms with Gasteiger partial charge in [-0.25, -0.2) is 0 Å². The average Bonchev–Trinajstić information content (AvgIpc) is 3.98. The summed E-state index contributed by atoms with van der Waals surface area (Å²) in [6.45, 7) is 0. The molecule has 60 heavy (non-hydrogen) atoms. The van der Waals surface area contributed by atoms with Crippen molar-refractivity contribution in [3.63, 3.8) is 0 Å². The number of rotatable bonds is 5. The number of hydrogen-bond donors (Lipinski definition) is 0. The van der Waals surface area contributed by atoms with E-state index in [2.05, 4.69) is 216 Å². The van der Waals surface area contributed by atoms with Crippen LogP contribution in [-0.2, 0) is 0 Å². The Morgan fingerprint density at radius 1 is 0.350 bits per heavy atom. The van der Waals surface area contributed by atoms with Crippen molar-refractivity contribution in [2.75, 3.05) is 4.90 Å². The molecule has 13 rings (SSSR count). The topological polar surface area (TPSA) is 34.5 Å². The van der Waals surface area contributed by atoms with E-state index in [0.717, 1.165) is 93.9 Å². The molecule has 0 aliphatic rings. The van der Waals surface area contributed by atoms with Gasteiger partial charge < -0.3 is 18.3 Å². The van der Waals surface area contributed by atoms with Crippen molar-refractivity contribution in [2.45, 2.75) is 0 Å². The highest BCUT2D eigenvalue weighted by Crippen LogP contribution is 2.49. The van der Waals surface area contributed by atoms with E-state index in [0.29, 0.717) is 0 Å². The standard InChI is InChI=1S/C56H34N2O2/c1-2-16-37-33-53-46(32-36(37)15-1)54-44(23-12-28-51(54)59-53)43-22-7-10-26-49(43)58(50-27-13-29-52-55(50)45-31-30-35-14-3-4-19-40(35)56(45)60-52)39-18-11-17-38(34-39)57-47-24-8-5-20-41(47)42-21-6-9-25-48(42)57/h1-34H. The van der Waals surface area contributed by atoms with Crippen molar-refractivity contribution in [1.82, 2.24) is 4.57 Å². The lowest BCUT2D eigenvalue weighted by Crippen LogP contribution is -2.12. The van der Waals surface area contributed by atoms with Gasteiger partial charge in [-0.15, -0.1) is 0 Å². The van der Waals surface area contributed by atoms with E-state index in [4.69, 9.17) is 8.83 Å². The zero-order valence-corrected chi connectivity index (χ0v) is 32.3. The van der Waals surface area contributed by atoms with Gasteiger partial charge >= 0.3 is 0 Å². The van der Waals surface area contributed by atoms with E-state index in [1.165, 1.54) is 27.2 Å². The minimum absolute atomic E-state index is 0.842. The Bertz CT molecular complexity index is 3810. The molecule has 3 aromatic heterocycles. The van der Waals surface area contributed by atoms with Crippen molar-refractivity contribution in [3.8, 4) is 16.8 Å². The van der Waals surface area contributed by atoms with Gasteiger partial charge in [0.2, 0.25) is 0 Å². The molecule has 0 bridgehead atoms. The predicted octanol–water partition coefficient (Wildman–Crippen LogP) is 16.0. The Labute approximate surface area is 344 Å². The number of aromatic nitrogens is 1. The quantitative estimate of drug-likeness (QED) is 0.175. The molecule has 0 aliphatic heterocycles. The summed E-state index contributed by atoms with van der Waals surface area (Å²) in [7, 11) is 0. The molecule has 0 aliphatic carbocycles. The summed E-state index contributed by atoms with van der Waals surface area (Å²) in [6, 6.07) is 73.8. The maximum Gasteiger partial charge on any atom is 0.143 e. The first kappa shape index (κ1) is 32.9. The Kier molecular flexibility index (Phi) is 6.98. The molecule has 3 heterocycles. The average molecular weight is 767 g/mol. The molecule has 0 radical (unpaired) electrons. The summed E-state index contributed by atoms with van der Waals surface area (Å²) in [5.41, 5.74) is 12.2. The van der Waals surface area contributed by atoms with Gasteiger partial charge in [0.1, 0.15) is 22.3 Å². The van der Waals surface area contributed by atoms with Gasteiger partial charge in [0.25, 0.3) is 0 Å². The van der Waals surface area contributed by atoms with Crippen LogP contribution in [0.15, 0.2) is 215 Å².